The van der Waals surface area contributed by atoms with Gasteiger partial charge >= 0.3 is 0 Å². The van der Waals surface area contributed by atoms with Crippen molar-refractivity contribution >= 4 is 27.5 Å². The molecule has 2 rings (SSSR count). The van der Waals surface area contributed by atoms with Crippen molar-refractivity contribution in [3.05, 3.63) is 28.5 Å². The van der Waals surface area contributed by atoms with Crippen LogP contribution in [0.1, 0.15) is 25.7 Å². The number of amides is 1. The molecular weight excluding hydrogens is 299 g/mol. The number of hydrogen-bond donors (Lipinski definition) is 2. The second-order valence-corrected chi connectivity index (χ2v) is 5.63. The molecule has 0 spiro atoms. The zero-order valence-corrected chi connectivity index (χ0v) is 11.6. The quantitative estimate of drug-likeness (QED) is 0.901. The van der Waals surface area contributed by atoms with Gasteiger partial charge in [-0.2, -0.15) is 0 Å². The summed E-state index contributed by atoms with van der Waals surface area (Å²) in [5, 5.41) is 2.76. The predicted molar refractivity (Wildman–Crippen MR) is 72.7 cm³/mol. The van der Waals surface area contributed by atoms with E-state index in [4.69, 9.17) is 5.73 Å². The van der Waals surface area contributed by atoms with Crippen molar-refractivity contribution in [1.82, 2.24) is 0 Å². The first-order chi connectivity index (χ1) is 8.57. The van der Waals surface area contributed by atoms with Gasteiger partial charge in [-0.1, -0.05) is 12.8 Å². The first-order valence-electron chi connectivity index (χ1n) is 6.04. The van der Waals surface area contributed by atoms with E-state index in [0.717, 1.165) is 25.7 Å². The Hall–Kier alpha value is -0.940. The fourth-order valence-corrected chi connectivity index (χ4v) is 2.66. The van der Waals surface area contributed by atoms with E-state index in [1.807, 2.05) is 0 Å². The molecule has 0 saturated heterocycles. The second kappa shape index (κ2) is 5.36. The van der Waals surface area contributed by atoms with Gasteiger partial charge in [-0.05, 0) is 47.0 Å². The monoisotopic (exact) mass is 314 g/mol. The number of rotatable bonds is 3. The van der Waals surface area contributed by atoms with Crippen LogP contribution in [-0.2, 0) is 4.79 Å². The molecule has 0 radical (unpaired) electrons. The van der Waals surface area contributed by atoms with Crippen LogP contribution < -0.4 is 11.1 Å². The Kier molecular flexibility index (Phi) is 4.02. The number of nitrogens with two attached hydrogens (primary N) is 1. The standard InChI is InChI=1S/C13H16BrFN2O/c14-10-4-3-9(7-11(10)15)17-12(18)13(8-16)5-1-2-6-13/h3-4,7H,1-2,5-6,8,16H2,(H,17,18). The van der Waals surface area contributed by atoms with Crippen molar-refractivity contribution in [1.29, 1.82) is 0 Å². The second-order valence-electron chi connectivity index (χ2n) is 4.77. The van der Waals surface area contributed by atoms with Crippen molar-refractivity contribution in [3.8, 4) is 0 Å². The molecule has 98 valence electrons. The van der Waals surface area contributed by atoms with Crippen molar-refractivity contribution < 1.29 is 9.18 Å². The largest absolute Gasteiger partial charge is 0.329 e. The zero-order valence-electron chi connectivity index (χ0n) is 10.0. The van der Waals surface area contributed by atoms with Crippen LogP contribution in [0.2, 0.25) is 0 Å². The number of anilines is 1. The highest BCUT2D eigenvalue weighted by atomic mass is 79.9. The van der Waals surface area contributed by atoms with Crippen LogP contribution in [0.4, 0.5) is 10.1 Å². The molecular formula is C13H16BrFN2O. The third-order valence-corrected chi connectivity index (χ3v) is 4.25. The van der Waals surface area contributed by atoms with Crippen LogP contribution in [0.25, 0.3) is 0 Å². The van der Waals surface area contributed by atoms with Gasteiger partial charge in [0.1, 0.15) is 5.82 Å². The molecule has 1 aromatic carbocycles. The van der Waals surface area contributed by atoms with Gasteiger partial charge in [-0.25, -0.2) is 4.39 Å². The van der Waals surface area contributed by atoms with E-state index >= 15 is 0 Å². The maximum Gasteiger partial charge on any atom is 0.231 e. The van der Waals surface area contributed by atoms with E-state index in [1.165, 1.54) is 6.07 Å². The minimum Gasteiger partial charge on any atom is -0.329 e. The molecule has 18 heavy (non-hydrogen) atoms. The smallest absolute Gasteiger partial charge is 0.231 e. The van der Waals surface area contributed by atoms with Crippen LogP contribution in [0, 0.1) is 11.2 Å². The van der Waals surface area contributed by atoms with Crippen LogP contribution in [-0.4, -0.2) is 12.5 Å². The molecule has 5 heteroatoms. The minimum atomic E-state index is -0.469. The highest BCUT2D eigenvalue weighted by Crippen LogP contribution is 2.38. The van der Waals surface area contributed by atoms with Gasteiger partial charge in [0, 0.05) is 12.2 Å². The topological polar surface area (TPSA) is 55.1 Å². The maximum atomic E-state index is 13.4. The average Bonchev–Trinajstić information content (AvgIpc) is 2.84. The summed E-state index contributed by atoms with van der Waals surface area (Å²) in [6.45, 7) is 0.345. The number of benzene rings is 1. The van der Waals surface area contributed by atoms with Crippen molar-refractivity contribution in [3.63, 3.8) is 0 Å². The molecule has 3 N–H and O–H groups in total. The summed E-state index contributed by atoms with van der Waals surface area (Å²) in [6, 6.07) is 4.56. The Balaban J connectivity index is 2.13. The molecule has 1 aliphatic carbocycles. The third kappa shape index (κ3) is 2.57. The minimum absolute atomic E-state index is 0.0933. The summed E-state index contributed by atoms with van der Waals surface area (Å²) in [4.78, 5) is 12.2. The first kappa shape index (κ1) is 13.5. The fourth-order valence-electron chi connectivity index (χ4n) is 2.41. The lowest BCUT2D eigenvalue weighted by Gasteiger charge is -2.25. The van der Waals surface area contributed by atoms with E-state index in [1.54, 1.807) is 12.1 Å². The summed E-state index contributed by atoms with van der Waals surface area (Å²) < 4.78 is 13.7. The third-order valence-electron chi connectivity index (χ3n) is 3.61. The molecule has 0 heterocycles. The Morgan fingerprint density at radius 1 is 1.44 bits per heavy atom. The van der Waals surface area contributed by atoms with Crippen molar-refractivity contribution in [2.45, 2.75) is 25.7 Å². The molecule has 0 atom stereocenters. The molecule has 1 aliphatic rings. The van der Waals surface area contributed by atoms with Gasteiger partial charge in [0.25, 0.3) is 0 Å². The number of nitrogens with one attached hydrogen (secondary N) is 1. The molecule has 0 unspecified atom stereocenters. The van der Waals surface area contributed by atoms with Gasteiger partial charge in [-0.3, -0.25) is 4.79 Å². The molecule has 0 bridgehead atoms. The van der Waals surface area contributed by atoms with E-state index in [-0.39, 0.29) is 11.7 Å². The van der Waals surface area contributed by atoms with Crippen LogP contribution >= 0.6 is 15.9 Å². The molecule has 0 aliphatic heterocycles. The van der Waals surface area contributed by atoms with Crippen molar-refractivity contribution in [2.24, 2.45) is 11.1 Å². The van der Waals surface area contributed by atoms with Gasteiger partial charge < -0.3 is 11.1 Å². The Morgan fingerprint density at radius 2 is 2.11 bits per heavy atom. The molecule has 0 aromatic heterocycles. The number of hydrogen-bond acceptors (Lipinski definition) is 2. The predicted octanol–water partition coefficient (Wildman–Crippen LogP) is 3.05. The van der Waals surface area contributed by atoms with E-state index in [2.05, 4.69) is 21.2 Å². The lowest BCUT2D eigenvalue weighted by atomic mass is 9.85. The first-order valence-corrected chi connectivity index (χ1v) is 6.83. The lowest BCUT2D eigenvalue weighted by Crippen LogP contribution is -2.40. The lowest BCUT2D eigenvalue weighted by molar-refractivity contribution is -0.124. The normalized spacial score (nSPS) is 17.7. The molecule has 3 nitrogen and oxygen atoms in total. The summed E-state index contributed by atoms with van der Waals surface area (Å²) in [7, 11) is 0. The number of carbonyl (C=O) groups is 1. The fraction of sp³-hybridized carbons (Fsp3) is 0.462. The van der Waals surface area contributed by atoms with Gasteiger partial charge in [0.2, 0.25) is 5.91 Å². The Labute approximate surface area is 114 Å². The summed E-state index contributed by atoms with van der Waals surface area (Å²) >= 11 is 3.08. The van der Waals surface area contributed by atoms with E-state index in [0.29, 0.717) is 16.7 Å². The molecule has 1 saturated carbocycles. The van der Waals surface area contributed by atoms with Crippen LogP contribution in [0.3, 0.4) is 0 Å². The summed E-state index contributed by atoms with van der Waals surface area (Å²) in [5.74, 6) is -0.481. The van der Waals surface area contributed by atoms with Crippen LogP contribution in [0.5, 0.6) is 0 Å². The maximum absolute atomic E-state index is 13.4. The van der Waals surface area contributed by atoms with Gasteiger partial charge in [0.15, 0.2) is 0 Å². The molecule has 1 aromatic rings. The Bertz CT molecular complexity index is 458. The summed E-state index contributed by atoms with van der Waals surface area (Å²) in [5.41, 5.74) is 5.74. The van der Waals surface area contributed by atoms with Gasteiger partial charge in [0.05, 0.1) is 9.89 Å². The summed E-state index contributed by atoms with van der Waals surface area (Å²) in [6.07, 6.45) is 3.68. The van der Waals surface area contributed by atoms with E-state index in [9.17, 15) is 9.18 Å². The van der Waals surface area contributed by atoms with Crippen molar-refractivity contribution in [2.75, 3.05) is 11.9 Å². The zero-order chi connectivity index (χ0) is 13.2. The SMILES string of the molecule is NCC1(C(=O)Nc2ccc(Br)c(F)c2)CCCC1. The number of halogens is 2. The molecule has 1 fully saturated rings. The highest BCUT2D eigenvalue weighted by Gasteiger charge is 2.39. The molecule has 1 amide bonds. The van der Waals surface area contributed by atoms with Gasteiger partial charge in [-0.15, -0.1) is 0 Å². The number of carbonyl (C=O) groups excluding carboxylic acids is 1. The average molecular weight is 315 g/mol. The highest BCUT2D eigenvalue weighted by molar-refractivity contribution is 9.10. The van der Waals surface area contributed by atoms with E-state index < -0.39 is 5.41 Å². The Morgan fingerprint density at radius 3 is 2.67 bits per heavy atom. The van der Waals surface area contributed by atoms with Crippen LogP contribution in [0.15, 0.2) is 22.7 Å².